The molecule has 2 rings (SSSR count). The van der Waals surface area contributed by atoms with Crippen molar-refractivity contribution in [2.75, 3.05) is 7.11 Å². The van der Waals surface area contributed by atoms with Gasteiger partial charge in [-0.1, -0.05) is 12.1 Å². The van der Waals surface area contributed by atoms with Crippen LogP contribution in [0.5, 0.6) is 5.75 Å². The second-order valence-corrected chi connectivity index (χ2v) is 5.33. The number of ether oxygens (including phenoxy) is 1. The predicted molar refractivity (Wildman–Crippen MR) is 63.1 cm³/mol. The van der Waals surface area contributed by atoms with Crippen molar-refractivity contribution >= 4 is 17.7 Å². The Kier molecular flexibility index (Phi) is 3.10. The van der Waals surface area contributed by atoms with Crippen molar-refractivity contribution in [2.24, 2.45) is 0 Å². The van der Waals surface area contributed by atoms with Gasteiger partial charge in [0.15, 0.2) is 0 Å². The molecule has 0 bridgehead atoms. The zero-order valence-corrected chi connectivity index (χ0v) is 9.92. The summed E-state index contributed by atoms with van der Waals surface area (Å²) < 4.78 is 4.60. The Morgan fingerprint density at radius 3 is 2.62 bits per heavy atom. The smallest absolute Gasteiger partial charge is 0.320 e. The Hall–Kier alpha value is -1.16. The normalized spacial score (nSPS) is 17.6. The summed E-state index contributed by atoms with van der Waals surface area (Å²) in [6, 6.07) is 7.55. The first-order chi connectivity index (χ1) is 7.68. The fourth-order valence-electron chi connectivity index (χ4n) is 1.77. The van der Waals surface area contributed by atoms with E-state index >= 15 is 0 Å². The molecule has 1 aliphatic carbocycles. The summed E-state index contributed by atoms with van der Waals surface area (Å²) in [6.07, 6.45) is 2.48. The average molecular weight is 238 g/mol. The number of carboxylic acid groups (broad SMARTS) is 1. The van der Waals surface area contributed by atoms with Crippen LogP contribution in [0.4, 0.5) is 0 Å². The van der Waals surface area contributed by atoms with Gasteiger partial charge < -0.3 is 9.84 Å². The lowest BCUT2D eigenvalue weighted by molar-refractivity contribution is -0.142. The maximum Gasteiger partial charge on any atom is 0.320 e. The van der Waals surface area contributed by atoms with Crippen LogP contribution in [0.2, 0.25) is 0 Å². The van der Waals surface area contributed by atoms with Crippen LogP contribution in [0.25, 0.3) is 0 Å². The van der Waals surface area contributed by atoms with Crippen LogP contribution in [-0.2, 0) is 4.79 Å². The van der Waals surface area contributed by atoms with E-state index in [0.717, 1.165) is 29.9 Å². The molecule has 86 valence electrons. The molecule has 0 unspecified atom stereocenters. The lowest BCUT2D eigenvalue weighted by atomic mass is 9.84. The maximum atomic E-state index is 11.2. The fourth-order valence-corrected chi connectivity index (χ4v) is 3.17. The van der Waals surface area contributed by atoms with Crippen LogP contribution in [-0.4, -0.2) is 22.9 Å². The fraction of sp³-hybridized carbons (Fsp3) is 0.417. The second kappa shape index (κ2) is 4.37. The van der Waals surface area contributed by atoms with Crippen LogP contribution in [0.3, 0.4) is 0 Å². The van der Waals surface area contributed by atoms with E-state index in [1.807, 2.05) is 24.3 Å². The van der Waals surface area contributed by atoms with Crippen molar-refractivity contribution in [1.29, 1.82) is 0 Å². The van der Waals surface area contributed by atoms with Crippen molar-refractivity contribution in [3.05, 3.63) is 24.3 Å². The minimum atomic E-state index is -0.713. The number of carbonyl (C=O) groups is 1. The monoisotopic (exact) mass is 238 g/mol. The highest BCUT2D eigenvalue weighted by Gasteiger charge is 2.45. The molecule has 1 N–H and O–H groups in total. The van der Waals surface area contributed by atoms with E-state index in [1.54, 1.807) is 7.11 Å². The number of carboxylic acids is 1. The zero-order valence-electron chi connectivity index (χ0n) is 9.10. The maximum absolute atomic E-state index is 11.2. The zero-order chi connectivity index (χ0) is 11.6. The van der Waals surface area contributed by atoms with Crippen molar-refractivity contribution in [1.82, 2.24) is 0 Å². The third-order valence-electron chi connectivity index (χ3n) is 2.93. The molecule has 0 saturated heterocycles. The van der Waals surface area contributed by atoms with Gasteiger partial charge in [-0.05, 0) is 31.4 Å². The molecule has 0 radical (unpaired) electrons. The second-order valence-electron chi connectivity index (χ2n) is 3.91. The number of aliphatic carboxylic acids is 1. The molecular formula is C12H14O3S. The summed E-state index contributed by atoms with van der Waals surface area (Å²) in [4.78, 5) is 12.2. The molecule has 1 saturated carbocycles. The summed E-state index contributed by atoms with van der Waals surface area (Å²) in [6.45, 7) is 0. The van der Waals surface area contributed by atoms with Gasteiger partial charge >= 0.3 is 5.97 Å². The summed E-state index contributed by atoms with van der Waals surface area (Å²) in [5, 5.41) is 9.25. The van der Waals surface area contributed by atoms with Gasteiger partial charge in [-0.2, -0.15) is 0 Å². The summed E-state index contributed by atoms with van der Waals surface area (Å²) in [5.41, 5.74) is 0. The quantitative estimate of drug-likeness (QED) is 0.876. The van der Waals surface area contributed by atoms with Crippen molar-refractivity contribution in [3.8, 4) is 5.75 Å². The number of methoxy groups -OCH3 is 1. The SMILES string of the molecule is COc1ccccc1SC1(C(=O)O)CCC1. The first-order valence-electron chi connectivity index (χ1n) is 5.23. The molecule has 0 spiro atoms. The molecular weight excluding hydrogens is 224 g/mol. The minimum absolute atomic E-state index is 0.630. The third kappa shape index (κ3) is 1.89. The largest absolute Gasteiger partial charge is 0.496 e. The van der Waals surface area contributed by atoms with E-state index in [2.05, 4.69) is 0 Å². The third-order valence-corrected chi connectivity index (χ3v) is 4.46. The highest BCUT2D eigenvalue weighted by Crippen LogP contribution is 2.49. The topological polar surface area (TPSA) is 46.5 Å². The Balaban J connectivity index is 2.22. The molecule has 1 fully saturated rings. The van der Waals surface area contributed by atoms with Gasteiger partial charge in [0, 0.05) is 0 Å². The Bertz CT molecular complexity index is 399. The highest BCUT2D eigenvalue weighted by atomic mass is 32.2. The van der Waals surface area contributed by atoms with Crippen LogP contribution < -0.4 is 4.74 Å². The van der Waals surface area contributed by atoms with Gasteiger partial charge in [-0.15, -0.1) is 11.8 Å². The van der Waals surface area contributed by atoms with E-state index in [9.17, 15) is 9.90 Å². The molecule has 1 aromatic rings. The number of hydrogen-bond donors (Lipinski definition) is 1. The van der Waals surface area contributed by atoms with Crippen molar-refractivity contribution in [3.63, 3.8) is 0 Å². The van der Waals surface area contributed by atoms with Gasteiger partial charge in [0.1, 0.15) is 10.5 Å². The first-order valence-corrected chi connectivity index (χ1v) is 6.05. The van der Waals surface area contributed by atoms with E-state index < -0.39 is 10.7 Å². The molecule has 0 amide bonds. The van der Waals surface area contributed by atoms with Gasteiger partial charge in [0.25, 0.3) is 0 Å². The molecule has 0 heterocycles. The van der Waals surface area contributed by atoms with Crippen LogP contribution in [0.15, 0.2) is 29.2 Å². The first kappa shape index (κ1) is 11.3. The van der Waals surface area contributed by atoms with E-state index in [1.165, 1.54) is 11.8 Å². The van der Waals surface area contributed by atoms with Crippen molar-refractivity contribution in [2.45, 2.75) is 28.9 Å². The van der Waals surface area contributed by atoms with E-state index in [4.69, 9.17) is 4.74 Å². The molecule has 4 heteroatoms. The summed E-state index contributed by atoms with van der Waals surface area (Å²) in [5.74, 6) is 0.0367. The van der Waals surface area contributed by atoms with Crippen LogP contribution >= 0.6 is 11.8 Å². The number of para-hydroxylation sites is 1. The van der Waals surface area contributed by atoms with Gasteiger partial charge in [0.05, 0.1) is 12.0 Å². The molecule has 3 nitrogen and oxygen atoms in total. The Morgan fingerprint density at radius 1 is 1.44 bits per heavy atom. The number of thioether (sulfide) groups is 1. The molecule has 1 aromatic carbocycles. The lowest BCUT2D eigenvalue weighted by Gasteiger charge is -2.37. The molecule has 16 heavy (non-hydrogen) atoms. The van der Waals surface area contributed by atoms with E-state index in [-0.39, 0.29) is 0 Å². The average Bonchev–Trinajstić information content (AvgIpc) is 2.23. The standard InChI is InChI=1S/C12H14O3S/c1-15-9-5-2-3-6-10(9)16-12(11(13)14)7-4-8-12/h2-3,5-6H,4,7-8H2,1H3,(H,13,14). The van der Waals surface area contributed by atoms with Crippen molar-refractivity contribution < 1.29 is 14.6 Å². The highest BCUT2D eigenvalue weighted by molar-refractivity contribution is 8.01. The van der Waals surface area contributed by atoms with Crippen LogP contribution in [0, 0.1) is 0 Å². The summed E-state index contributed by atoms with van der Waals surface area (Å²) in [7, 11) is 1.60. The number of benzene rings is 1. The van der Waals surface area contributed by atoms with Gasteiger partial charge in [-0.25, -0.2) is 0 Å². The molecule has 1 aliphatic rings. The Labute approximate surface area is 98.8 Å². The predicted octanol–water partition coefficient (Wildman–Crippen LogP) is 2.79. The molecule has 0 aliphatic heterocycles. The lowest BCUT2D eigenvalue weighted by Crippen LogP contribution is -2.41. The molecule has 0 atom stereocenters. The van der Waals surface area contributed by atoms with Crippen LogP contribution in [0.1, 0.15) is 19.3 Å². The number of hydrogen-bond acceptors (Lipinski definition) is 3. The van der Waals surface area contributed by atoms with Gasteiger partial charge in [0.2, 0.25) is 0 Å². The minimum Gasteiger partial charge on any atom is -0.496 e. The van der Waals surface area contributed by atoms with E-state index in [0.29, 0.717) is 0 Å². The molecule has 0 aromatic heterocycles. The summed E-state index contributed by atoms with van der Waals surface area (Å²) >= 11 is 1.41. The number of rotatable bonds is 4. The van der Waals surface area contributed by atoms with Gasteiger partial charge in [-0.3, -0.25) is 4.79 Å². The Morgan fingerprint density at radius 2 is 2.12 bits per heavy atom.